The van der Waals surface area contributed by atoms with E-state index in [-0.39, 0.29) is 0 Å². The summed E-state index contributed by atoms with van der Waals surface area (Å²) in [7, 11) is 4.13. The van der Waals surface area contributed by atoms with Gasteiger partial charge in [0, 0.05) is 0 Å². The van der Waals surface area contributed by atoms with E-state index in [9.17, 15) is 0 Å². The van der Waals surface area contributed by atoms with E-state index in [0.29, 0.717) is 0 Å². The third-order valence-corrected chi connectivity index (χ3v) is 23.7. The molecule has 0 bridgehead atoms. The van der Waals surface area contributed by atoms with Gasteiger partial charge in [0.05, 0.1) is 0 Å². The van der Waals surface area contributed by atoms with Gasteiger partial charge in [-0.3, -0.25) is 0 Å². The molecule has 0 aliphatic carbocycles. The summed E-state index contributed by atoms with van der Waals surface area (Å²) in [5.41, 5.74) is 0. The molecule has 0 fully saturated rings. The zero-order valence-electron chi connectivity index (χ0n) is 11.7. The number of halogens is 1. The Kier molecular flexibility index (Phi) is 6.26. The van der Waals surface area contributed by atoms with E-state index in [2.05, 4.69) is 89.8 Å². The molecule has 3 aromatic rings. The number of hydrogen-bond acceptors (Lipinski definition) is 2. The predicted octanol–water partition coefficient (Wildman–Crippen LogP) is 5.62. The van der Waals surface area contributed by atoms with Gasteiger partial charge in [-0.25, -0.2) is 0 Å². The van der Waals surface area contributed by atoms with Crippen molar-refractivity contribution >= 4 is 50.7 Å². The van der Waals surface area contributed by atoms with Gasteiger partial charge in [0.15, 0.2) is 0 Å². The molecule has 0 aliphatic rings. The van der Waals surface area contributed by atoms with Gasteiger partial charge in [0.1, 0.15) is 0 Å². The summed E-state index contributed by atoms with van der Waals surface area (Å²) < 4.78 is 1.47. The van der Waals surface area contributed by atoms with Crippen molar-refractivity contribution in [3.8, 4) is 0 Å². The van der Waals surface area contributed by atoms with Gasteiger partial charge in [0.25, 0.3) is 0 Å². The maximum absolute atomic E-state index is 6.05. The van der Waals surface area contributed by atoms with Crippen molar-refractivity contribution in [2.75, 3.05) is 0 Å². The number of rotatable bonds is 5. The standard InChI is InChI=1S/C6H4Cl.2C6H6S.Bi/c3*7-6-4-2-1-3-5-6;/h2-5H;2*1-5,7H;/q;;;+2/p-2. The molecule has 3 rings (SSSR count). The van der Waals surface area contributed by atoms with Crippen molar-refractivity contribution in [1.82, 2.24) is 0 Å². The fraction of sp³-hybridized carbons (Fsp3) is 0. The topological polar surface area (TPSA) is 0 Å². The SMILES string of the molecule is Clc1cc[c]([Bi]([S]c2ccccc2)[S]c2ccccc2)cc1. The van der Waals surface area contributed by atoms with Crippen LogP contribution in [0.1, 0.15) is 0 Å². The van der Waals surface area contributed by atoms with E-state index < -0.39 is 18.8 Å². The van der Waals surface area contributed by atoms with Gasteiger partial charge < -0.3 is 0 Å². The molecule has 0 aromatic heterocycles. The summed E-state index contributed by atoms with van der Waals surface area (Å²) in [4.78, 5) is 2.72. The number of hydrogen-bond donors (Lipinski definition) is 0. The molecule has 0 N–H and O–H groups in total. The fourth-order valence-corrected chi connectivity index (χ4v) is 22.5. The zero-order valence-corrected chi connectivity index (χ0v) is 17.6. The Bertz CT molecular complexity index is 661. The summed E-state index contributed by atoms with van der Waals surface area (Å²) in [6.07, 6.45) is 0. The minimum atomic E-state index is -2.03. The van der Waals surface area contributed by atoms with E-state index in [1.807, 2.05) is 12.1 Å². The van der Waals surface area contributed by atoms with Crippen LogP contribution in [0, 0.1) is 0 Å². The van der Waals surface area contributed by atoms with Crippen LogP contribution in [0.3, 0.4) is 0 Å². The predicted molar refractivity (Wildman–Crippen MR) is 101 cm³/mol. The van der Waals surface area contributed by atoms with Crippen LogP contribution in [0.15, 0.2) is 94.7 Å². The fourth-order valence-electron chi connectivity index (χ4n) is 1.84. The van der Waals surface area contributed by atoms with Crippen LogP contribution < -0.4 is 3.27 Å². The monoisotopic (exact) mass is 538 g/mol. The molecule has 3 aromatic carbocycles. The zero-order chi connectivity index (χ0) is 15.2. The maximum atomic E-state index is 6.05. The first kappa shape index (κ1) is 16.4. The van der Waals surface area contributed by atoms with Crippen LogP contribution in [-0.2, 0) is 0 Å². The average Bonchev–Trinajstić information content (AvgIpc) is 2.57. The molecule has 0 saturated heterocycles. The molecule has 110 valence electrons. The Morgan fingerprint density at radius 1 is 0.591 bits per heavy atom. The quantitative estimate of drug-likeness (QED) is 0.387. The molecule has 0 atom stereocenters. The van der Waals surface area contributed by atoms with E-state index in [4.69, 9.17) is 11.6 Å². The van der Waals surface area contributed by atoms with Crippen molar-refractivity contribution in [2.45, 2.75) is 9.79 Å². The van der Waals surface area contributed by atoms with E-state index in [0.717, 1.165) is 5.02 Å². The van der Waals surface area contributed by atoms with Gasteiger partial charge in [-0.05, 0) is 0 Å². The molecule has 22 heavy (non-hydrogen) atoms. The van der Waals surface area contributed by atoms with Gasteiger partial charge in [-0.15, -0.1) is 0 Å². The van der Waals surface area contributed by atoms with Crippen LogP contribution in [0.5, 0.6) is 0 Å². The van der Waals surface area contributed by atoms with Gasteiger partial charge >= 0.3 is 150 Å². The minimum absolute atomic E-state index is 0.808. The Hall–Kier alpha value is -0.467. The number of benzene rings is 3. The molecule has 0 unspecified atom stereocenters. The first-order valence-electron chi connectivity index (χ1n) is 6.83. The molecular formula is C18H14BiClS2. The normalized spacial score (nSPS) is 10.8. The Morgan fingerprint density at radius 2 is 1.05 bits per heavy atom. The van der Waals surface area contributed by atoms with Crippen molar-refractivity contribution in [1.29, 1.82) is 0 Å². The van der Waals surface area contributed by atoms with Gasteiger partial charge in [0.2, 0.25) is 0 Å². The van der Waals surface area contributed by atoms with Crippen molar-refractivity contribution in [3.05, 3.63) is 90.0 Å². The molecule has 0 amide bonds. The molecule has 0 heterocycles. The molecule has 0 nitrogen and oxygen atoms in total. The van der Waals surface area contributed by atoms with Crippen LogP contribution in [0.4, 0.5) is 0 Å². The summed E-state index contributed by atoms with van der Waals surface area (Å²) in [5.74, 6) is 0. The van der Waals surface area contributed by atoms with Crippen LogP contribution in [0.25, 0.3) is 0 Å². The third kappa shape index (κ3) is 4.76. The van der Waals surface area contributed by atoms with Crippen molar-refractivity contribution in [3.63, 3.8) is 0 Å². The Balaban J connectivity index is 1.86. The second-order valence-electron chi connectivity index (χ2n) is 4.54. The average molecular weight is 539 g/mol. The second kappa shape index (κ2) is 8.40. The molecule has 0 saturated carbocycles. The van der Waals surface area contributed by atoms with Gasteiger partial charge in [-0.2, -0.15) is 0 Å². The molecule has 0 spiro atoms. The molecular weight excluding hydrogens is 525 g/mol. The van der Waals surface area contributed by atoms with E-state index in [1.54, 1.807) is 0 Å². The summed E-state index contributed by atoms with van der Waals surface area (Å²) in [5, 5.41) is 0.808. The van der Waals surface area contributed by atoms with Crippen LogP contribution >= 0.6 is 28.6 Å². The third-order valence-electron chi connectivity index (χ3n) is 2.90. The van der Waals surface area contributed by atoms with E-state index in [1.165, 1.54) is 13.1 Å². The first-order chi connectivity index (χ1) is 10.8. The van der Waals surface area contributed by atoms with E-state index >= 15 is 0 Å². The molecule has 0 radical (unpaired) electrons. The van der Waals surface area contributed by atoms with Crippen molar-refractivity contribution in [2.24, 2.45) is 0 Å². The molecule has 4 heteroatoms. The van der Waals surface area contributed by atoms with Gasteiger partial charge in [-0.1, -0.05) is 0 Å². The summed E-state index contributed by atoms with van der Waals surface area (Å²) in [6, 6.07) is 29.8. The van der Waals surface area contributed by atoms with Crippen LogP contribution in [-0.4, -0.2) is 18.8 Å². The second-order valence-corrected chi connectivity index (χ2v) is 23.0. The molecule has 0 aliphatic heterocycles. The van der Waals surface area contributed by atoms with Crippen molar-refractivity contribution < 1.29 is 0 Å². The Labute approximate surface area is 149 Å². The Morgan fingerprint density at radius 3 is 1.50 bits per heavy atom. The van der Waals surface area contributed by atoms with Crippen LogP contribution in [0.2, 0.25) is 5.02 Å². The summed E-state index contributed by atoms with van der Waals surface area (Å²) in [6.45, 7) is 0. The first-order valence-corrected chi connectivity index (χ1v) is 19.0. The summed E-state index contributed by atoms with van der Waals surface area (Å²) >= 11 is 4.01.